The van der Waals surface area contributed by atoms with Crippen LogP contribution in [0.1, 0.15) is 22.8 Å². The molecular weight excluding hydrogens is 278 g/mol. The van der Waals surface area contributed by atoms with Crippen LogP contribution in [-0.2, 0) is 6.42 Å². The van der Waals surface area contributed by atoms with Crippen molar-refractivity contribution in [1.29, 1.82) is 0 Å². The first-order chi connectivity index (χ1) is 6.88. The monoisotopic (exact) mass is 284 g/mol. The molecule has 1 nitrogen and oxygen atoms in total. The van der Waals surface area contributed by atoms with Crippen molar-refractivity contribution in [2.45, 2.75) is 17.1 Å². The second kappa shape index (κ2) is 4.92. The highest BCUT2D eigenvalue weighted by atomic mass is 35.6. The van der Waals surface area contributed by atoms with Crippen molar-refractivity contribution >= 4 is 52.2 Å². The Morgan fingerprint density at radius 3 is 2.40 bits per heavy atom. The number of alkyl halides is 3. The zero-order valence-corrected chi connectivity index (χ0v) is 10.9. The number of hydrogen-bond donors (Lipinski definition) is 0. The molecule has 0 saturated carbocycles. The molecule has 0 bridgehead atoms. The topological polar surface area (TPSA) is 17.1 Å². The molecule has 0 unspecified atom stereocenters. The van der Waals surface area contributed by atoms with Crippen LogP contribution in [0.15, 0.2) is 18.2 Å². The highest BCUT2D eigenvalue weighted by Gasteiger charge is 2.33. The van der Waals surface area contributed by atoms with E-state index in [0.29, 0.717) is 22.6 Å². The molecule has 5 heteroatoms. The molecule has 0 radical (unpaired) electrons. The summed E-state index contributed by atoms with van der Waals surface area (Å²) in [5.41, 5.74) is 1.07. The van der Waals surface area contributed by atoms with E-state index >= 15 is 0 Å². The van der Waals surface area contributed by atoms with E-state index in [1.165, 1.54) is 0 Å². The van der Waals surface area contributed by atoms with Gasteiger partial charge in [-0.1, -0.05) is 65.5 Å². The average Bonchev–Trinajstić information content (AvgIpc) is 2.14. The first-order valence-corrected chi connectivity index (χ1v) is 5.78. The Hall–Kier alpha value is 0.0500. The fourth-order valence-electron chi connectivity index (χ4n) is 1.28. The first-order valence-electron chi connectivity index (χ1n) is 4.26. The van der Waals surface area contributed by atoms with Crippen LogP contribution in [0.4, 0.5) is 0 Å². The number of Topliss-reactive ketones (excluding diaryl/α,β-unsaturated/α-hetero) is 1. The third-order valence-electron chi connectivity index (χ3n) is 1.97. The summed E-state index contributed by atoms with van der Waals surface area (Å²) in [5, 5.41) is 0.512. The lowest BCUT2D eigenvalue weighted by Crippen LogP contribution is -2.20. The summed E-state index contributed by atoms with van der Waals surface area (Å²) in [4.78, 5) is 11.7. The Morgan fingerprint density at radius 2 is 1.93 bits per heavy atom. The molecule has 0 aliphatic heterocycles. The van der Waals surface area contributed by atoms with Gasteiger partial charge >= 0.3 is 0 Å². The van der Waals surface area contributed by atoms with Gasteiger partial charge in [0, 0.05) is 10.6 Å². The van der Waals surface area contributed by atoms with Crippen molar-refractivity contribution in [2.24, 2.45) is 0 Å². The van der Waals surface area contributed by atoms with Crippen LogP contribution in [0.2, 0.25) is 5.02 Å². The lowest BCUT2D eigenvalue weighted by Gasteiger charge is -2.13. The van der Waals surface area contributed by atoms with Gasteiger partial charge < -0.3 is 0 Å². The van der Waals surface area contributed by atoms with Crippen molar-refractivity contribution < 1.29 is 4.79 Å². The fraction of sp³-hybridized carbons (Fsp3) is 0.300. The number of carbonyl (C=O) groups is 1. The summed E-state index contributed by atoms with van der Waals surface area (Å²) in [7, 11) is 0. The highest BCUT2D eigenvalue weighted by molar-refractivity contribution is 6.77. The number of hydrogen-bond acceptors (Lipinski definition) is 1. The molecule has 0 saturated heterocycles. The van der Waals surface area contributed by atoms with Gasteiger partial charge in [0.15, 0.2) is 0 Å². The minimum Gasteiger partial charge on any atom is -0.289 e. The Balaban J connectivity index is 3.26. The second-order valence-electron chi connectivity index (χ2n) is 2.95. The van der Waals surface area contributed by atoms with Gasteiger partial charge in [0.05, 0.1) is 0 Å². The van der Waals surface area contributed by atoms with Gasteiger partial charge in [0.1, 0.15) is 0 Å². The van der Waals surface area contributed by atoms with Crippen molar-refractivity contribution in [3.05, 3.63) is 34.3 Å². The standard InChI is InChI=1S/C10H8Cl4O/c1-2-6-7(4-3-5-8(6)11)9(15)10(12,13)14/h3-5H,2H2,1H3. The molecule has 0 spiro atoms. The van der Waals surface area contributed by atoms with E-state index in [4.69, 9.17) is 46.4 Å². The third kappa shape index (κ3) is 3.01. The van der Waals surface area contributed by atoms with Crippen molar-refractivity contribution in [2.75, 3.05) is 0 Å². The largest absolute Gasteiger partial charge is 0.289 e. The van der Waals surface area contributed by atoms with E-state index in [9.17, 15) is 4.79 Å². The van der Waals surface area contributed by atoms with Gasteiger partial charge in [0.2, 0.25) is 5.78 Å². The minimum atomic E-state index is -1.94. The summed E-state index contributed by atoms with van der Waals surface area (Å²) in [6, 6.07) is 4.97. The second-order valence-corrected chi connectivity index (χ2v) is 5.63. The molecule has 0 aromatic heterocycles. The van der Waals surface area contributed by atoms with Gasteiger partial charge in [-0.15, -0.1) is 0 Å². The van der Waals surface area contributed by atoms with Crippen molar-refractivity contribution in [3.8, 4) is 0 Å². The Kier molecular flexibility index (Phi) is 4.30. The number of ketones is 1. The van der Waals surface area contributed by atoms with Crippen molar-refractivity contribution in [1.82, 2.24) is 0 Å². The van der Waals surface area contributed by atoms with E-state index in [2.05, 4.69) is 0 Å². The van der Waals surface area contributed by atoms with Crippen LogP contribution in [-0.4, -0.2) is 9.58 Å². The van der Waals surface area contributed by atoms with Crippen LogP contribution in [0, 0.1) is 0 Å². The quantitative estimate of drug-likeness (QED) is 0.579. The number of benzene rings is 1. The van der Waals surface area contributed by atoms with Crippen molar-refractivity contribution in [3.63, 3.8) is 0 Å². The van der Waals surface area contributed by atoms with Crippen LogP contribution < -0.4 is 0 Å². The van der Waals surface area contributed by atoms with Gasteiger partial charge in [-0.05, 0) is 18.1 Å². The van der Waals surface area contributed by atoms with Gasteiger partial charge in [-0.3, -0.25) is 4.79 Å². The first kappa shape index (κ1) is 13.1. The Bertz CT molecular complexity index is 381. The van der Waals surface area contributed by atoms with E-state index in [1.54, 1.807) is 18.2 Å². The zero-order valence-electron chi connectivity index (χ0n) is 7.86. The molecule has 0 fully saturated rings. The molecule has 0 atom stereocenters. The normalized spacial score (nSPS) is 11.5. The summed E-state index contributed by atoms with van der Waals surface area (Å²) in [5.74, 6) is -0.549. The predicted octanol–water partition coefficient (Wildman–Crippen LogP) is 4.46. The third-order valence-corrected chi connectivity index (χ3v) is 2.84. The molecule has 1 aromatic rings. The van der Waals surface area contributed by atoms with Crippen LogP contribution >= 0.6 is 46.4 Å². The van der Waals surface area contributed by atoms with E-state index in [0.717, 1.165) is 0 Å². The Labute approximate surface area is 108 Å². The highest BCUT2D eigenvalue weighted by Crippen LogP contribution is 2.33. The number of halogens is 4. The van der Waals surface area contributed by atoms with E-state index < -0.39 is 9.58 Å². The molecule has 1 aromatic carbocycles. The average molecular weight is 286 g/mol. The van der Waals surface area contributed by atoms with Crippen LogP contribution in [0.25, 0.3) is 0 Å². The fourth-order valence-corrected chi connectivity index (χ4v) is 1.90. The molecule has 0 N–H and O–H groups in total. The predicted molar refractivity (Wildman–Crippen MR) is 65.5 cm³/mol. The van der Waals surface area contributed by atoms with Gasteiger partial charge in [-0.25, -0.2) is 0 Å². The van der Waals surface area contributed by atoms with Gasteiger partial charge in [0.25, 0.3) is 3.79 Å². The summed E-state index contributed by atoms with van der Waals surface area (Å²) in [6.45, 7) is 1.89. The number of carbonyl (C=O) groups excluding carboxylic acids is 1. The molecular formula is C10H8Cl4O. The maximum Gasteiger partial charge on any atom is 0.253 e. The van der Waals surface area contributed by atoms with E-state index in [1.807, 2.05) is 6.92 Å². The maximum absolute atomic E-state index is 11.7. The molecule has 1 rings (SSSR count). The molecule has 0 amide bonds. The summed E-state index contributed by atoms with van der Waals surface area (Å²) in [6.07, 6.45) is 0.613. The molecule has 82 valence electrons. The number of rotatable bonds is 2. The zero-order chi connectivity index (χ0) is 11.6. The summed E-state index contributed by atoms with van der Waals surface area (Å²) >= 11 is 22.6. The lowest BCUT2D eigenvalue weighted by molar-refractivity contribution is 0.0995. The van der Waals surface area contributed by atoms with Crippen LogP contribution in [0.5, 0.6) is 0 Å². The SMILES string of the molecule is CCc1c(Cl)cccc1C(=O)C(Cl)(Cl)Cl. The maximum atomic E-state index is 11.7. The van der Waals surface area contributed by atoms with E-state index in [-0.39, 0.29) is 0 Å². The molecule has 0 aliphatic carbocycles. The lowest BCUT2D eigenvalue weighted by atomic mass is 10.0. The smallest absolute Gasteiger partial charge is 0.253 e. The Morgan fingerprint density at radius 1 is 1.33 bits per heavy atom. The molecule has 0 heterocycles. The molecule has 15 heavy (non-hydrogen) atoms. The van der Waals surface area contributed by atoms with Gasteiger partial charge in [-0.2, -0.15) is 0 Å². The molecule has 0 aliphatic rings. The summed E-state index contributed by atoms with van der Waals surface area (Å²) < 4.78 is -1.94. The van der Waals surface area contributed by atoms with Crippen LogP contribution in [0.3, 0.4) is 0 Å². The minimum absolute atomic E-state index is 0.366.